The first-order valence-electron chi connectivity index (χ1n) is 5.82. The average Bonchev–Trinajstić information content (AvgIpc) is 2.85. The number of hydrogen-bond donors (Lipinski definition) is 1. The Balaban J connectivity index is 2.10. The molecule has 5 heteroatoms. The van der Waals surface area contributed by atoms with Crippen LogP contribution >= 0.6 is 0 Å². The summed E-state index contributed by atoms with van der Waals surface area (Å²) in [7, 11) is 0. The number of fused-ring (bicyclic) bond motifs is 1. The molecule has 0 radical (unpaired) electrons. The van der Waals surface area contributed by atoms with Gasteiger partial charge in [0.15, 0.2) is 0 Å². The molecule has 0 spiro atoms. The van der Waals surface area contributed by atoms with Gasteiger partial charge in [-0.25, -0.2) is 8.78 Å². The molecule has 2 aromatic heterocycles. The number of aromatic amines is 1. The Hall–Kier alpha value is -2.30. The van der Waals surface area contributed by atoms with Gasteiger partial charge in [0.2, 0.25) is 0 Å². The minimum atomic E-state index is -2.85. The summed E-state index contributed by atoms with van der Waals surface area (Å²) in [5.41, 5.74) is 3.02. The van der Waals surface area contributed by atoms with E-state index in [2.05, 4.69) is 15.2 Å². The molecule has 3 nitrogen and oxygen atoms in total. The normalized spacial score (nSPS) is 11.9. The van der Waals surface area contributed by atoms with E-state index in [-0.39, 0.29) is 5.56 Å². The third-order valence-electron chi connectivity index (χ3n) is 2.99. The number of alkyl halides is 2. The second kappa shape index (κ2) is 4.12. The van der Waals surface area contributed by atoms with E-state index in [9.17, 15) is 8.78 Å². The van der Waals surface area contributed by atoms with Gasteiger partial charge in [0.05, 0.1) is 11.7 Å². The van der Waals surface area contributed by atoms with Crippen molar-refractivity contribution in [3.05, 3.63) is 48.3 Å². The lowest BCUT2D eigenvalue weighted by Crippen LogP contribution is -2.06. The maximum atomic E-state index is 13.3. The van der Waals surface area contributed by atoms with E-state index in [0.717, 1.165) is 23.5 Å². The lowest BCUT2D eigenvalue weighted by molar-refractivity contribution is 0.0175. The van der Waals surface area contributed by atoms with Crippen molar-refractivity contribution < 1.29 is 8.78 Å². The van der Waals surface area contributed by atoms with Crippen LogP contribution in [0.2, 0.25) is 0 Å². The van der Waals surface area contributed by atoms with E-state index in [1.165, 1.54) is 12.1 Å². The predicted molar refractivity (Wildman–Crippen MR) is 68.9 cm³/mol. The smallest absolute Gasteiger partial charge is 0.270 e. The van der Waals surface area contributed by atoms with Gasteiger partial charge in [0.25, 0.3) is 5.92 Å². The number of hydrogen-bond acceptors (Lipinski definition) is 2. The van der Waals surface area contributed by atoms with E-state index < -0.39 is 5.92 Å². The van der Waals surface area contributed by atoms with Crippen molar-refractivity contribution >= 4 is 11.0 Å². The molecule has 1 N–H and O–H groups in total. The third kappa shape index (κ3) is 2.19. The van der Waals surface area contributed by atoms with Crippen molar-refractivity contribution in [3.8, 4) is 11.1 Å². The van der Waals surface area contributed by atoms with Crippen LogP contribution in [0.3, 0.4) is 0 Å². The van der Waals surface area contributed by atoms with Crippen LogP contribution < -0.4 is 0 Å². The van der Waals surface area contributed by atoms with E-state index in [0.29, 0.717) is 5.56 Å². The van der Waals surface area contributed by atoms with Crippen molar-refractivity contribution in [1.29, 1.82) is 0 Å². The molecule has 0 saturated heterocycles. The Kier molecular flexibility index (Phi) is 2.55. The molecule has 19 heavy (non-hydrogen) atoms. The molecule has 3 aromatic rings. The van der Waals surface area contributed by atoms with Crippen LogP contribution in [0.5, 0.6) is 0 Å². The zero-order valence-corrected chi connectivity index (χ0v) is 10.2. The van der Waals surface area contributed by atoms with Gasteiger partial charge in [-0.2, -0.15) is 5.10 Å². The summed E-state index contributed by atoms with van der Waals surface area (Å²) >= 11 is 0. The van der Waals surface area contributed by atoms with Gasteiger partial charge < -0.3 is 0 Å². The molecule has 1 aromatic carbocycles. The van der Waals surface area contributed by atoms with Crippen LogP contribution in [0.1, 0.15) is 12.5 Å². The quantitative estimate of drug-likeness (QED) is 0.761. The molecule has 0 bridgehead atoms. The summed E-state index contributed by atoms with van der Waals surface area (Å²) < 4.78 is 26.6. The molecule has 96 valence electrons. The summed E-state index contributed by atoms with van der Waals surface area (Å²) in [5.74, 6) is -2.85. The van der Waals surface area contributed by atoms with Gasteiger partial charge in [0, 0.05) is 24.2 Å². The molecule has 0 fully saturated rings. The Morgan fingerprint density at radius 1 is 1.11 bits per heavy atom. The van der Waals surface area contributed by atoms with Crippen molar-refractivity contribution in [2.45, 2.75) is 12.8 Å². The number of H-pyrrole nitrogens is 1. The largest absolute Gasteiger partial charge is 0.276 e. The maximum Gasteiger partial charge on any atom is 0.270 e. The van der Waals surface area contributed by atoms with E-state index in [1.807, 2.05) is 6.07 Å². The molecular weight excluding hydrogens is 248 g/mol. The summed E-state index contributed by atoms with van der Waals surface area (Å²) in [6, 6.07) is 8.17. The molecule has 3 rings (SSSR count). The number of halogens is 2. The second-order valence-electron chi connectivity index (χ2n) is 4.50. The number of pyridine rings is 1. The highest BCUT2D eigenvalue weighted by molar-refractivity contribution is 5.79. The molecule has 0 saturated carbocycles. The third-order valence-corrected chi connectivity index (χ3v) is 2.99. The highest BCUT2D eigenvalue weighted by Gasteiger charge is 2.24. The number of nitrogens with zero attached hydrogens (tertiary/aromatic N) is 2. The zero-order valence-electron chi connectivity index (χ0n) is 10.2. The molecule has 0 aliphatic carbocycles. The fraction of sp³-hybridized carbons (Fsp3) is 0.143. The van der Waals surface area contributed by atoms with Crippen molar-refractivity contribution in [2.24, 2.45) is 0 Å². The van der Waals surface area contributed by atoms with Crippen LogP contribution in [0.25, 0.3) is 22.2 Å². The van der Waals surface area contributed by atoms with Crippen LogP contribution in [-0.2, 0) is 5.92 Å². The lowest BCUT2D eigenvalue weighted by Gasteiger charge is -2.11. The second-order valence-corrected chi connectivity index (χ2v) is 4.50. The fourth-order valence-corrected chi connectivity index (χ4v) is 1.96. The monoisotopic (exact) mass is 259 g/mol. The maximum absolute atomic E-state index is 13.3. The summed E-state index contributed by atoms with van der Waals surface area (Å²) in [6.07, 6.45) is 3.28. The van der Waals surface area contributed by atoms with Crippen molar-refractivity contribution in [1.82, 2.24) is 15.2 Å². The number of aromatic nitrogens is 3. The molecule has 0 aliphatic rings. The number of rotatable bonds is 2. The van der Waals surface area contributed by atoms with Crippen molar-refractivity contribution in [3.63, 3.8) is 0 Å². The Morgan fingerprint density at radius 3 is 2.74 bits per heavy atom. The molecule has 0 atom stereocenters. The predicted octanol–water partition coefficient (Wildman–Crippen LogP) is 3.74. The topological polar surface area (TPSA) is 41.6 Å². The number of nitrogens with one attached hydrogen (secondary N) is 1. The van der Waals surface area contributed by atoms with E-state index >= 15 is 0 Å². The first-order valence-corrected chi connectivity index (χ1v) is 5.82. The van der Waals surface area contributed by atoms with E-state index in [4.69, 9.17) is 0 Å². The Labute approximate surface area is 108 Å². The Morgan fingerprint density at radius 2 is 1.95 bits per heavy atom. The van der Waals surface area contributed by atoms with Gasteiger partial charge in [0.1, 0.15) is 5.52 Å². The van der Waals surface area contributed by atoms with Gasteiger partial charge in [-0.05, 0) is 17.7 Å². The standard InChI is InChI=1S/C14H11F2N3/c1-14(15,16)11-4-2-3-9(5-11)10-6-12-13(17-7-10)8-18-19-12/h2-8H,1H3,(H,18,19). The molecule has 0 unspecified atom stereocenters. The van der Waals surface area contributed by atoms with Gasteiger partial charge in [-0.3, -0.25) is 10.1 Å². The molecular formula is C14H11F2N3. The fourth-order valence-electron chi connectivity index (χ4n) is 1.96. The minimum Gasteiger partial charge on any atom is -0.276 e. The summed E-state index contributed by atoms with van der Waals surface area (Å²) in [5, 5.41) is 6.70. The van der Waals surface area contributed by atoms with Gasteiger partial charge >= 0.3 is 0 Å². The summed E-state index contributed by atoms with van der Waals surface area (Å²) in [6.45, 7) is 0.891. The highest BCUT2D eigenvalue weighted by Crippen LogP contribution is 2.30. The average molecular weight is 259 g/mol. The zero-order chi connectivity index (χ0) is 13.5. The molecule has 2 heterocycles. The summed E-state index contributed by atoms with van der Waals surface area (Å²) in [4.78, 5) is 4.23. The lowest BCUT2D eigenvalue weighted by atomic mass is 10.0. The van der Waals surface area contributed by atoms with Crippen LogP contribution in [0.4, 0.5) is 8.78 Å². The molecule has 0 aliphatic heterocycles. The minimum absolute atomic E-state index is 0.00490. The number of benzene rings is 1. The Bertz CT molecular complexity index is 729. The SMILES string of the molecule is CC(F)(F)c1cccc(-c2cnc3cn[nH]c3c2)c1. The first-order chi connectivity index (χ1) is 9.04. The van der Waals surface area contributed by atoms with Crippen LogP contribution in [0.15, 0.2) is 42.7 Å². The highest BCUT2D eigenvalue weighted by atomic mass is 19.3. The van der Waals surface area contributed by atoms with E-state index in [1.54, 1.807) is 24.5 Å². The van der Waals surface area contributed by atoms with Gasteiger partial charge in [-0.15, -0.1) is 0 Å². The van der Waals surface area contributed by atoms with Gasteiger partial charge in [-0.1, -0.05) is 18.2 Å². The van der Waals surface area contributed by atoms with Crippen LogP contribution in [0, 0.1) is 0 Å². The molecule has 0 amide bonds. The first kappa shape index (κ1) is 11.8. The van der Waals surface area contributed by atoms with Crippen LogP contribution in [-0.4, -0.2) is 15.2 Å². The van der Waals surface area contributed by atoms with Crippen molar-refractivity contribution in [2.75, 3.05) is 0 Å².